The predicted molar refractivity (Wildman–Crippen MR) is 99.3 cm³/mol. The molecule has 1 heterocycles. The number of nitrogens with one attached hydrogen (secondary N) is 3. The zero-order valence-electron chi connectivity index (χ0n) is 15.2. The van der Waals surface area contributed by atoms with E-state index in [1.54, 1.807) is 0 Å². The zero-order valence-corrected chi connectivity index (χ0v) is 15.2. The third-order valence-electron chi connectivity index (χ3n) is 4.66. The molecular weight excluding hydrogens is 332 g/mol. The van der Waals surface area contributed by atoms with Gasteiger partial charge in [0.05, 0.1) is 6.04 Å². The van der Waals surface area contributed by atoms with Crippen LogP contribution in [0.5, 0.6) is 0 Å². The number of carbonyl (C=O) groups is 3. The van der Waals surface area contributed by atoms with E-state index in [-0.39, 0.29) is 24.0 Å². The third kappa shape index (κ3) is 6.38. The molecule has 1 aromatic carbocycles. The monoisotopic (exact) mass is 360 g/mol. The molecule has 26 heavy (non-hydrogen) atoms. The Labute approximate surface area is 154 Å². The number of unbranched alkanes of at least 4 members (excludes halogenated alkanes) is 2. The largest absolute Gasteiger partial charge is 0.368 e. The quantitative estimate of drug-likeness (QED) is 0.470. The molecule has 2 rings (SSSR count). The Bertz CT molecular complexity index is 620. The van der Waals surface area contributed by atoms with Gasteiger partial charge in [-0.3, -0.25) is 9.59 Å². The van der Waals surface area contributed by atoms with E-state index in [9.17, 15) is 14.4 Å². The van der Waals surface area contributed by atoms with Gasteiger partial charge in [-0.2, -0.15) is 0 Å². The lowest BCUT2D eigenvalue weighted by Gasteiger charge is -2.16. The van der Waals surface area contributed by atoms with Gasteiger partial charge in [-0.05, 0) is 25.3 Å². The molecule has 1 saturated heterocycles. The van der Waals surface area contributed by atoms with Crippen LogP contribution in [0.1, 0.15) is 44.6 Å². The van der Waals surface area contributed by atoms with E-state index in [1.807, 2.05) is 37.3 Å². The van der Waals surface area contributed by atoms with Gasteiger partial charge in [0.2, 0.25) is 11.8 Å². The van der Waals surface area contributed by atoms with Crippen LogP contribution in [-0.4, -0.2) is 36.0 Å². The normalized spacial score (nSPS) is 20.1. The summed E-state index contributed by atoms with van der Waals surface area (Å²) >= 11 is 0. The molecule has 1 fully saturated rings. The Hall–Kier alpha value is -2.57. The number of hydrogen-bond donors (Lipinski definition) is 4. The van der Waals surface area contributed by atoms with Crippen molar-refractivity contribution in [2.24, 2.45) is 5.73 Å². The highest BCUT2D eigenvalue weighted by Gasteiger charge is 2.26. The Morgan fingerprint density at radius 3 is 2.50 bits per heavy atom. The summed E-state index contributed by atoms with van der Waals surface area (Å²) in [6, 6.07) is 8.97. The number of amides is 4. The van der Waals surface area contributed by atoms with Crippen LogP contribution in [0.25, 0.3) is 0 Å². The van der Waals surface area contributed by atoms with E-state index in [4.69, 9.17) is 5.73 Å². The van der Waals surface area contributed by atoms with Gasteiger partial charge in [0.25, 0.3) is 0 Å². The fraction of sp³-hybridized carbons (Fsp3) is 0.526. The second-order valence-corrected chi connectivity index (χ2v) is 6.82. The van der Waals surface area contributed by atoms with Crippen molar-refractivity contribution < 1.29 is 14.4 Å². The van der Waals surface area contributed by atoms with Crippen LogP contribution >= 0.6 is 0 Å². The van der Waals surface area contributed by atoms with Gasteiger partial charge < -0.3 is 21.7 Å². The fourth-order valence-electron chi connectivity index (χ4n) is 3.13. The molecule has 142 valence electrons. The Morgan fingerprint density at radius 1 is 1.15 bits per heavy atom. The number of urea groups is 1. The standard InChI is InChI=1S/C19H28N4O3/c1-13-15(23-19(26)21-13)10-6-3-7-11-17(24)22-16(18(20)25)12-14-8-4-2-5-9-14/h2,4-5,8-9,13,15-16H,3,6-7,10-12H2,1H3,(H2,20,25)(H,22,24)(H2,21,23,26)/t13-,15-,16+/m1/s1. The Balaban J connectivity index is 1.65. The molecule has 0 unspecified atom stereocenters. The molecule has 5 N–H and O–H groups in total. The van der Waals surface area contributed by atoms with Crippen molar-refractivity contribution in [2.75, 3.05) is 0 Å². The van der Waals surface area contributed by atoms with Crippen molar-refractivity contribution in [1.29, 1.82) is 0 Å². The lowest BCUT2D eigenvalue weighted by atomic mass is 10.0. The average molecular weight is 360 g/mol. The van der Waals surface area contributed by atoms with Crippen molar-refractivity contribution >= 4 is 17.8 Å². The summed E-state index contributed by atoms with van der Waals surface area (Å²) in [6.07, 6.45) is 4.22. The first-order valence-corrected chi connectivity index (χ1v) is 9.15. The van der Waals surface area contributed by atoms with Gasteiger partial charge >= 0.3 is 6.03 Å². The molecule has 4 amide bonds. The SMILES string of the molecule is C[C@H]1NC(=O)N[C@@H]1CCCCCC(=O)N[C@@H](Cc1ccccc1)C(N)=O. The van der Waals surface area contributed by atoms with Gasteiger partial charge in [0.15, 0.2) is 0 Å². The number of nitrogens with two attached hydrogens (primary N) is 1. The molecular formula is C19H28N4O3. The number of rotatable bonds is 10. The first kappa shape index (κ1) is 19.8. The topological polar surface area (TPSA) is 113 Å². The second kappa shape index (κ2) is 9.79. The zero-order chi connectivity index (χ0) is 18.9. The molecule has 1 aliphatic heterocycles. The minimum atomic E-state index is -0.689. The van der Waals surface area contributed by atoms with Crippen molar-refractivity contribution in [3.05, 3.63) is 35.9 Å². The minimum absolute atomic E-state index is 0.113. The Morgan fingerprint density at radius 2 is 1.88 bits per heavy atom. The third-order valence-corrected chi connectivity index (χ3v) is 4.66. The van der Waals surface area contributed by atoms with Gasteiger partial charge in [-0.1, -0.05) is 43.2 Å². The van der Waals surface area contributed by atoms with Gasteiger partial charge in [0, 0.05) is 18.9 Å². The Kier molecular flexibility index (Phi) is 7.44. The van der Waals surface area contributed by atoms with Gasteiger partial charge in [-0.15, -0.1) is 0 Å². The molecule has 7 heteroatoms. The molecule has 1 aromatic rings. The molecule has 1 aliphatic rings. The molecule has 7 nitrogen and oxygen atoms in total. The van der Waals surface area contributed by atoms with Crippen LogP contribution in [0.3, 0.4) is 0 Å². The predicted octanol–water partition coefficient (Wildman–Crippen LogP) is 1.22. The van der Waals surface area contributed by atoms with Crippen molar-refractivity contribution in [1.82, 2.24) is 16.0 Å². The summed E-state index contributed by atoms with van der Waals surface area (Å²) < 4.78 is 0. The molecule has 0 bridgehead atoms. The van der Waals surface area contributed by atoms with E-state index >= 15 is 0 Å². The summed E-state index contributed by atoms with van der Waals surface area (Å²) in [5.41, 5.74) is 6.37. The maximum atomic E-state index is 12.1. The summed E-state index contributed by atoms with van der Waals surface area (Å²) in [6.45, 7) is 1.98. The van der Waals surface area contributed by atoms with Crippen LogP contribution in [0, 0.1) is 0 Å². The number of carbonyl (C=O) groups excluding carboxylic acids is 3. The van der Waals surface area contributed by atoms with Crippen molar-refractivity contribution in [3.8, 4) is 0 Å². The molecule has 0 saturated carbocycles. The summed E-state index contributed by atoms with van der Waals surface area (Å²) in [7, 11) is 0. The van der Waals surface area contributed by atoms with Crippen LogP contribution in [0.4, 0.5) is 4.79 Å². The molecule has 0 aromatic heterocycles. The molecule has 3 atom stereocenters. The summed E-state index contributed by atoms with van der Waals surface area (Å²) in [5, 5.41) is 8.43. The van der Waals surface area contributed by atoms with Crippen LogP contribution < -0.4 is 21.7 Å². The number of benzene rings is 1. The number of primary amides is 1. The molecule has 0 spiro atoms. The highest BCUT2D eigenvalue weighted by molar-refractivity contribution is 5.86. The second-order valence-electron chi connectivity index (χ2n) is 6.82. The van der Waals surface area contributed by atoms with E-state index in [0.29, 0.717) is 12.8 Å². The van der Waals surface area contributed by atoms with Crippen LogP contribution in [-0.2, 0) is 16.0 Å². The first-order valence-electron chi connectivity index (χ1n) is 9.15. The summed E-state index contributed by atoms with van der Waals surface area (Å²) in [5.74, 6) is -0.686. The van der Waals surface area contributed by atoms with Crippen LogP contribution in [0.2, 0.25) is 0 Å². The van der Waals surface area contributed by atoms with E-state index < -0.39 is 11.9 Å². The lowest BCUT2D eigenvalue weighted by molar-refractivity contribution is -0.127. The van der Waals surface area contributed by atoms with E-state index in [2.05, 4.69) is 16.0 Å². The number of hydrogen-bond acceptors (Lipinski definition) is 3. The lowest BCUT2D eigenvalue weighted by Crippen LogP contribution is -2.45. The smallest absolute Gasteiger partial charge is 0.315 e. The first-order chi connectivity index (χ1) is 12.5. The van der Waals surface area contributed by atoms with E-state index in [1.165, 1.54) is 0 Å². The molecule has 0 radical (unpaired) electrons. The van der Waals surface area contributed by atoms with Crippen molar-refractivity contribution in [3.63, 3.8) is 0 Å². The van der Waals surface area contributed by atoms with Crippen molar-refractivity contribution in [2.45, 2.75) is 63.6 Å². The average Bonchev–Trinajstić information content (AvgIpc) is 2.92. The maximum Gasteiger partial charge on any atom is 0.315 e. The highest BCUT2D eigenvalue weighted by atomic mass is 16.2. The maximum absolute atomic E-state index is 12.1. The van der Waals surface area contributed by atoms with Gasteiger partial charge in [0.1, 0.15) is 6.04 Å². The fourth-order valence-corrected chi connectivity index (χ4v) is 3.13. The summed E-state index contributed by atoms with van der Waals surface area (Å²) in [4.78, 5) is 34.9. The molecule has 0 aliphatic carbocycles. The minimum Gasteiger partial charge on any atom is -0.368 e. The van der Waals surface area contributed by atoms with E-state index in [0.717, 1.165) is 31.2 Å². The highest BCUT2D eigenvalue weighted by Crippen LogP contribution is 2.12. The van der Waals surface area contributed by atoms with Gasteiger partial charge in [-0.25, -0.2) is 4.79 Å². The van der Waals surface area contributed by atoms with Crippen LogP contribution in [0.15, 0.2) is 30.3 Å².